The summed E-state index contributed by atoms with van der Waals surface area (Å²) in [5.41, 5.74) is 0.619. The van der Waals surface area contributed by atoms with Crippen molar-refractivity contribution in [3.8, 4) is 0 Å². The van der Waals surface area contributed by atoms with Gasteiger partial charge in [-0.15, -0.1) is 0 Å². The zero-order valence-corrected chi connectivity index (χ0v) is 16.0. The van der Waals surface area contributed by atoms with Gasteiger partial charge in [0.25, 0.3) is 5.91 Å². The Morgan fingerprint density at radius 3 is 2.79 bits per heavy atom. The molecule has 1 aliphatic heterocycles. The van der Waals surface area contributed by atoms with E-state index in [4.69, 9.17) is 9.26 Å². The largest absolute Gasteiger partial charge is 0.379 e. The Labute approximate surface area is 163 Å². The molecule has 148 valence electrons. The van der Waals surface area contributed by atoms with Crippen molar-refractivity contribution in [2.24, 2.45) is 0 Å². The molecule has 1 saturated heterocycles. The Hall–Kier alpha value is -2.43. The fraction of sp³-hybridized carbons (Fsp3) is 0.389. The lowest BCUT2D eigenvalue weighted by Crippen LogP contribution is -2.43. The number of fused-ring (bicyclic) bond motifs is 1. The number of nitrogens with zero attached hydrogens (tertiary/aromatic N) is 4. The van der Waals surface area contributed by atoms with Crippen LogP contribution in [0.5, 0.6) is 0 Å². The van der Waals surface area contributed by atoms with Crippen LogP contribution in [0.3, 0.4) is 0 Å². The maximum absolute atomic E-state index is 14.1. The van der Waals surface area contributed by atoms with Gasteiger partial charge >= 0.3 is 0 Å². The summed E-state index contributed by atoms with van der Waals surface area (Å²) < 4.78 is 38.4. The molecule has 0 bridgehead atoms. The maximum Gasteiger partial charge on any atom is 0.298 e. The fourth-order valence-corrected chi connectivity index (χ4v) is 4.04. The van der Waals surface area contributed by atoms with E-state index in [0.717, 1.165) is 30.5 Å². The van der Waals surface area contributed by atoms with Crippen LogP contribution < -0.4 is 4.90 Å². The van der Waals surface area contributed by atoms with E-state index >= 15 is 0 Å². The van der Waals surface area contributed by atoms with Gasteiger partial charge in [0.2, 0.25) is 5.76 Å². The lowest BCUT2D eigenvalue weighted by atomic mass is 10.3. The summed E-state index contributed by atoms with van der Waals surface area (Å²) in [7, 11) is 0. The van der Waals surface area contributed by atoms with Crippen LogP contribution >= 0.6 is 11.3 Å². The molecule has 0 radical (unpaired) electrons. The number of hydrogen-bond acceptors (Lipinski definition) is 7. The monoisotopic (exact) mass is 408 g/mol. The first kappa shape index (κ1) is 18.9. The second-order valence-corrected chi connectivity index (χ2v) is 7.48. The van der Waals surface area contributed by atoms with Crippen LogP contribution in [0.2, 0.25) is 0 Å². The van der Waals surface area contributed by atoms with E-state index < -0.39 is 17.5 Å². The molecular weight excluding hydrogens is 390 g/mol. The molecule has 3 aromatic rings. The molecule has 0 atom stereocenters. The van der Waals surface area contributed by atoms with Crippen LogP contribution in [0.15, 0.2) is 22.7 Å². The standard InChI is InChI=1S/C18H18F2N4O3S/c1-11-8-14(27-22-11)17(25)24(3-2-23-4-6-26-7-5-23)18-21-16-13(20)9-12(19)10-15(16)28-18/h8-10H,2-7H2,1H3. The molecule has 1 fully saturated rings. The van der Waals surface area contributed by atoms with Gasteiger partial charge in [0.05, 0.1) is 23.6 Å². The first-order valence-corrected chi connectivity index (χ1v) is 9.64. The minimum Gasteiger partial charge on any atom is -0.379 e. The van der Waals surface area contributed by atoms with E-state index in [-0.39, 0.29) is 16.4 Å². The van der Waals surface area contributed by atoms with E-state index in [0.29, 0.717) is 36.7 Å². The number of hydrogen-bond donors (Lipinski definition) is 0. The van der Waals surface area contributed by atoms with Crippen LogP contribution in [0.1, 0.15) is 16.2 Å². The third-order valence-corrected chi connectivity index (χ3v) is 5.49. The van der Waals surface area contributed by atoms with Crippen molar-refractivity contribution >= 4 is 32.6 Å². The number of halogens is 2. The van der Waals surface area contributed by atoms with Crippen molar-refractivity contribution in [1.82, 2.24) is 15.0 Å². The fourth-order valence-electron chi connectivity index (χ4n) is 3.01. The molecule has 0 aliphatic carbocycles. The number of carbonyl (C=O) groups excluding carboxylic acids is 1. The quantitative estimate of drug-likeness (QED) is 0.647. The number of ether oxygens (including phenoxy) is 1. The van der Waals surface area contributed by atoms with Crippen molar-refractivity contribution in [2.75, 3.05) is 44.3 Å². The Kier molecular flexibility index (Phi) is 5.33. The number of thiazole rings is 1. The highest BCUT2D eigenvalue weighted by molar-refractivity contribution is 7.22. The van der Waals surface area contributed by atoms with E-state index in [1.807, 2.05) is 0 Å². The molecule has 0 saturated carbocycles. The van der Waals surface area contributed by atoms with Gasteiger partial charge in [-0.05, 0) is 13.0 Å². The van der Waals surface area contributed by atoms with E-state index in [1.165, 1.54) is 17.0 Å². The molecule has 2 aromatic heterocycles. The van der Waals surface area contributed by atoms with Crippen LogP contribution in [0, 0.1) is 18.6 Å². The van der Waals surface area contributed by atoms with Gasteiger partial charge in [0.1, 0.15) is 11.3 Å². The molecule has 3 heterocycles. The Morgan fingerprint density at radius 2 is 2.07 bits per heavy atom. The Morgan fingerprint density at radius 1 is 1.29 bits per heavy atom. The summed E-state index contributed by atoms with van der Waals surface area (Å²) in [5, 5.41) is 4.04. The molecule has 0 unspecified atom stereocenters. The van der Waals surface area contributed by atoms with Crippen molar-refractivity contribution in [3.63, 3.8) is 0 Å². The highest BCUT2D eigenvalue weighted by Crippen LogP contribution is 2.32. The smallest absolute Gasteiger partial charge is 0.298 e. The lowest BCUT2D eigenvalue weighted by molar-refractivity contribution is 0.0390. The second kappa shape index (κ2) is 7.90. The number of morpholine rings is 1. The zero-order chi connectivity index (χ0) is 19.7. The Bertz CT molecular complexity index is 1000. The minimum absolute atomic E-state index is 0.0410. The topological polar surface area (TPSA) is 71.7 Å². The minimum atomic E-state index is -0.756. The first-order chi connectivity index (χ1) is 13.5. The summed E-state index contributed by atoms with van der Waals surface area (Å²) in [4.78, 5) is 20.9. The van der Waals surface area contributed by atoms with Crippen molar-refractivity contribution in [3.05, 3.63) is 41.3 Å². The number of rotatable bonds is 5. The molecule has 1 aliphatic rings. The highest BCUT2D eigenvalue weighted by atomic mass is 32.1. The highest BCUT2D eigenvalue weighted by Gasteiger charge is 2.26. The first-order valence-electron chi connectivity index (χ1n) is 8.82. The lowest BCUT2D eigenvalue weighted by Gasteiger charge is -2.28. The van der Waals surface area contributed by atoms with E-state index in [2.05, 4.69) is 15.0 Å². The average molecular weight is 408 g/mol. The van der Waals surface area contributed by atoms with Crippen molar-refractivity contribution in [1.29, 1.82) is 0 Å². The van der Waals surface area contributed by atoms with Crippen LogP contribution in [0.4, 0.5) is 13.9 Å². The molecule has 0 spiro atoms. The number of benzene rings is 1. The van der Waals surface area contributed by atoms with Gasteiger partial charge in [-0.3, -0.25) is 14.6 Å². The zero-order valence-electron chi connectivity index (χ0n) is 15.2. The van der Waals surface area contributed by atoms with Gasteiger partial charge < -0.3 is 9.26 Å². The predicted octanol–water partition coefficient (Wildman–Crippen LogP) is 2.85. The molecular formula is C18H18F2N4O3S. The number of aryl methyl sites for hydroxylation is 1. The van der Waals surface area contributed by atoms with Crippen molar-refractivity contribution < 1.29 is 22.8 Å². The van der Waals surface area contributed by atoms with E-state index in [9.17, 15) is 13.6 Å². The second-order valence-electron chi connectivity index (χ2n) is 6.47. The third-order valence-electron chi connectivity index (χ3n) is 4.46. The maximum atomic E-state index is 14.1. The molecule has 4 rings (SSSR count). The molecule has 1 aromatic carbocycles. The summed E-state index contributed by atoms with van der Waals surface area (Å²) in [6.07, 6.45) is 0. The summed E-state index contributed by atoms with van der Waals surface area (Å²) in [5.74, 6) is -1.79. The number of anilines is 1. The number of amides is 1. The van der Waals surface area contributed by atoms with Crippen LogP contribution in [-0.4, -0.2) is 60.3 Å². The predicted molar refractivity (Wildman–Crippen MR) is 99.7 cm³/mol. The summed E-state index contributed by atoms with van der Waals surface area (Å²) in [6, 6.07) is 3.53. The summed E-state index contributed by atoms with van der Waals surface area (Å²) >= 11 is 1.06. The van der Waals surface area contributed by atoms with Crippen LogP contribution in [0.25, 0.3) is 10.2 Å². The number of aromatic nitrogens is 2. The molecule has 28 heavy (non-hydrogen) atoms. The molecule has 0 N–H and O–H groups in total. The van der Waals surface area contributed by atoms with E-state index in [1.54, 1.807) is 6.92 Å². The van der Waals surface area contributed by atoms with Gasteiger partial charge in [-0.25, -0.2) is 13.8 Å². The molecule has 7 nitrogen and oxygen atoms in total. The third kappa shape index (κ3) is 3.89. The van der Waals surface area contributed by atoms with Gasteiger partial charge in [0.15, 0.2) is 10.9 Å². The SMILES string of the molecule is Cc1cc(C(=O)N(CCN2CCOCC2)c2nc3c(F)cc(F)cc3s2)on1. The normalized spacial score (nSPS) is 15.2. The number of carbonyl (C=O) groups is 1. The Balaban J connectivity index is 1.65. The van der Waals surface area contributed by atoms with Gasteiger partial charge in [-0.1, -0.05) is 16.5 Å². The van der Waals surface area contributed by atoms with Gasteiger partial charge in [0, 0.05) is 38.3 Å². The van der Waals surface area contributed by atoms with Crippen molar-refractivity contribution in [2.45, 2.75) is 6.92 Å². The van der Waals surface area contributed by atoms with Crippen LogP contribution in [-0.2, 0) is 4.74 Å². The summed E-state index contributed by atoms with van der Waals surface area (Å²) in [6.45, 7) is 5.44. The average Bonchev–Trinajstić information content (AvgIpc) is 3.29. The molecule has 10 heteroatoms. The molecule has 1 amide bonds. The van der Waals surface area contributed by atoms with Gasteiger partial charge in [-0.2, -0.15) is 0 Å².